The number of benzene rings is 1. The highest BCUT2D eigenvalue weighted by molar-refractivity contribution is 7.11. The standard InChI is InChI=1S/C12H8N2O3S/c13-5-8-1-3-10(4-2-8)17-6-9-7-18-11(14-9)12(15)16/h1-4,7H,6H2,(H,15,16). The molecule has 0 spiro atoms. The molecule has 0 aliphatic heterocycles. The number of carboxylic acid groups (broad SMARTS) is 1. The Bertz CT molecular complexity index is 599. The third kappa shape index (κ3) is 2.84. The Balaban J connectivity index is 1.98. The van der Waals surface area contributed by atoms with E-state index < -0.39 is 5.97 Å². The molecular formula is C12H8N2O3S. The number of hydrogen-bond donors (Lipinski definition) is 1. The second-order valence-electron chi connectivity index (χ2n) is 3.37. The molecule has 0 saturated carbocycles. The quantitative estimate of drug-likeness (QED) is 0.911. The van der Waals surface area contributed by atoms with Crippen LogP contribution in [-0.4, -0.2) is 16.1 Å². The Morgan fingerprint density at radius 2 is 2.17 bits per heavy atom. The van der Waals surface area contributed by atoms with E-state index in [1.807, 2.05) is 6.07 Å². The zero-order chi connectivity index (χ0) is 13.0. The number of aromatic nitrogens is 1. The van der Waals surface area contributed by atoms with Crippen LogP contribution in [0.3, 0.4) is 0 Å². The first kappa shape index (κ1) is 12.1. The summed E-state index contributed by atoms with van der Waals surface area (Å²) in [5.74, 6) is -0.427. The van der Waals surface area contributed by atoms with Crippen LogP contribution in [0, 0.1) is 11.3 Å². The van der Waals surface area contributed by atoms with E-state index in [9.17, 15) is 4.79 Å². The van der Waals surface area contributed by atoms with Crippen molar-refractivity contribution in [2.45, 2.75) is 6.61 Å². The molecule has 2 aromatic rings. The van der Waals surface area contributed by atoms with Gasteiger partial charge in [-0.1, -0.05) is 0 Å². The van der Waals surface area contributed by atoms with Crippen molar-refractivity contribution >= 4 is 17.3 Å². The molecule has 1 aromatic carbocycles. The number of ether oxygens (including phenoxy) is 1. The Kier molecular flexibility index (Phi) is 3.55. The zero-order valence-electron chi connectivity index (χ0n) is 9.16. The van der Waals surface area contributed by atoms with E-state index in [0.717, 1.165) is 11.3 Å². The number of thiazole rings is 1. The summed E-state index contributed by atoms with van der Waals surface area (Å²) in [7, 11) is 0. The number of nitriles is 1. The molecule has 1 aromatic heterocycles. The van der Waals surface area contributed by atoms with Gasteiger partial charge in [0.25, 0.3) is 0 Å². The predicted molar refractivity (Wildman–Crippen MR) is 64.6 cm³/mol. The second-order valence-corrected chi connectivity index (χ2v) is 4.23. The van der Waals surface area contributed by atoms with Crippen molar-refractivity contribution < 1.29 is 14.6 Å². The number of carboxylic acids is 1. The number of nitrogens with zero attached hydrogens (tertiary/aromatic N) is 2. The first-order valence-electron chi connectivity index (χ1n) is 4.99. The molecule has 0 bridgehead atoms. The maximum absolute atomic E-state index is 10.6. The summed E-state index contributed by atoms with van der Waals surface area (Å²) in [6.07, 6.45) is 0. The van der Waals surface area contributed by atoms with Crippen molar-refractivity contribution in [3.63, 3.8) is 0 Å². The maximum Gasteiger partial charge on any atom is 0.365 e. The van der Waals surface area contributed by atoms with Crippen LogP contribution in [0.15, 0.2) is 29.6 Å². The van der Waals surface area contributed by atoms with Crippen LogP contribution >= 0.6 is 11.3 Å². The molecule has 0 unspecified atom stereocenters. The lowest BCUT2D eigenvalue weighted by Crippen LogP contribution is -1.99. The number of rotatable bonds is 4. The van der Waals surface area contributed by atoms with Gasteiger partial charge in [-0.25, -0.2) is 9.78 Å². The smallest absolute Gasteiger partial charge is 0.365 e. The van der Waals surface area contributed by atoms with Gasteiger partial charge in [0.1, 0.15) is 12.4 Å². The van der Waals surface area contributed by atoms with E-state index in [0.29, 0.717) is 17.0 Å². The van der Waals surface area contributed by atoms with Crippen molar-refractivity contribution in [2.75, 3.05) is 0 Å². The van der Waals surface area contributed by atoms with Gasteiger partial charge < -0.3 is 9.84 Å². The Morgan fingerprint density at radius 1 is 1.44 bits per heavy atom. The molecule has 1 N–H and O–H groups in total. The van der Waals surface area contributed by atoms with Gasteiger partial charge in [-0.15, -0.1) is 11.3 Å². The Morgan fingerprint density at radius 3 is 2.72 bits per heavy atom. The molecule has 90 valence electrons. The summed E-state index contributed by atoms with van der Waals surface area (Å²) in [6.45, 7) is 0.204. The molecule has 5 nitrogen and oxygen atoms in total. The summed E-state index contributed by atoms with van der Waals surface area (Å²) in [6, 6.07) is 8.68. The first-order valence-corrected chi connectivity index (χ1v) is 5.87. The van der Waals surface area contributed by atoms with Crippen LogP contribution in [0.5, 0.6) is 5.75 Å². The Hall–Kier alpha value is -2.39. The van der Waals surface area contributed by atoms with Crippen LogP contribution in [0.25, 0.3) is 0 Å². The molecular weight excluding hydrogens is 252 g/mol. The molecule has 0 fully saturated rings. The van der Waals surface area contributed by atoms with E-state index in [4.69, 9.17) is 15.1 Å². The lowest BCUT2D eigenvalue weighted by atomic mass is 10.2. The minimum Gasteiger partial charge on any atom is -0.487 e. The third-order valence-corrected chi connectivity index (χ3v) is 2.98. The first-order chi connectivity index (χ1) is 8.69. The van der Waals surface area contributed by atoms with E-state index in [1.165, 1.54) is 0 Å². The maximum atomic E-state index is 10.6. The fourth-order valence-electron chi connectivity index (χ4n) is 1.25. The summed E-state index contributed by atoms with van der Waals surface area (Å²) in [5, 5.41) is 19.0. The Labute approximate surface area is 107 Å². The van der Waals surface area contributed by atoms with Crippen LogP contribution in [0.2, 0.25) is 0 Å². The summed E-state index contributed by atoms with van der Waals surface area (Å²) < 4.78 is 5.43. The van der Waals surface area contributed by atoms with Crippen LogP contribution in [0.1, 0.15) is 21.1 Å². The van der Waals surface area contributed by atoms with Gasteiger partial charge in [0, 0.05) is 5.38 Å². The predicted octanol–water partition coefficient (Wildman–Crippen LogP) is 2.29. The van der Waals surface area contributed by atoms with Crippen molar-refractivity contribution in [3.05, 3.63) is 45.9 Å². The zero-order valence-corrected chi connectivity index (χ0v) is 9.98. The number of aromatic carboxylic acids is 1. The largest absolute Gasteiger partial charge is 0.487 e. The lowest BCUT2D eigenvalue weighted by Gasteiger charge is -2.03. The molecule has 0 radical (unpaired) electrons. The highest BCUT2D eigenvalue weighted by Gasteiger charge is 2.09. The highest BCUT2D eigenvalue weighted by Crippen LogP contribution is 2.15. The molecule has 0 atom stereocenters. The topological polar surface area (TPSA) is 83.2 Å². The van der Waals surface area contributed by atoms with Gasteiger partial charge in [-0.2, -0.15) is 5.26 Å². The van der Waals surface area contributed by atoms with E-state index in [2.05, 4.69) is 4.98 Å². The molecule has 6 heteroatoms. The fourth-order valence-corrected chi connectivity index (χ4v) is 1.89. The fraction of sp³-hybridized carbons (Fsp3) is 0.0833. The monoisotopic (exact) mass is 260 g/mol. The summed E-state index contributed by atoms with van der Waals surface area (Å²) in [4.78, 5) is 14.5. The van der Waals surface area contributed by atoms with Gasteiger partial charge >= 0.3 is 5.97 Å². The number of hydrogen-bond acceptors (Lipinski definition) is 5. The minimum absolute atomic E-state index is 0.0495. The van der Waals surface area contributed by atoms with Crippen molar-refractivity contribution in [1.29, 1.82) is 5.26 Å². The van der Waals surface area contributed by atoms with Gasteiger partial charge in [-0.3, -0.25) is 0 Å². The summed E-state index contributed by atoms with van der Waals surface area (Å²) in [5.41, 5.74) is 1.13. The van der Waals surface area contributed by atoms with E-state index in [1.54, 1.807) is 29.6 Å². The molecule has 0 aliphatic carbocycles. The molecule has 1 heterocycles. The van der Waals surface area contributed by atoms with E-state index in [-0.39, 0.29) is 11.6 Å². The normalized spacial score (nSPS) is 9.72. The van der Waals surface area contributed by atoms with E-state index >= 15 is 0 Å². The van der Waals surface area contributed by atoms with Gasteiger partial charge in [0.15, 0.2) is 0 Å². The lowest BCUT2D eigenvalue weighted by molar-refractivity contribution is 0.0696. The van der Waals surface area contributed by atoms with Crippen molar-refractivity contribution in [3.8, 4) is 11.8 Å². The summed E-state index contributed by atoms with van der Waals surface area (Å²) >= 11 is 1.07. The van der Waals surface area contributed by atoms with Gasteiger partial charge in [0.05, 0.1) is 17.3 Å². The molecule has 18 heavy (non-hydrogen) atoms. The van der Waals surface area contributed by atoms with Crippen LogP contribution < -0.4 is 4.74 Å². The molecule has 0 amide bonds. The molecule has 0 saturated heterocycles. The molecule has 2 rings (SSSR count). The SMILES string of the molecule is N#Cc1ccc(OCc2csc(C(=O)O)n2)cc1. The molecule has 0 aliphatic rings. The third-order valence-electron chi connectivity index (χ3n) is 2.10. The van der Waals surface area contributed by atoms with Crippen LogP contribution in [-0.2, 0) is 6.61 Å². The highest BCUT2D eigenvalue weighted by atomic mass is 32.1. The average Bonchev–Trinajstić information content (AvgIpc) is 2.86. The van der Waals surface area contributed by atoms with Gasteiger partial charge in [0.2, 0.25) is 5.01 Å². The average molecular weight is 260 g/mol. The second kappa shape index (κ2) is 5.29. The van der Waals surface area contributed by atoms with Crippen molar-refractivity contribution in [2.24, 2.45) is 0 Å². The number of carbonyl (C=O) groups is 1. The van der Waals surface area contributed by atoms with Crippen LogP contribution in [0.4, 0.5) is 0 Å². The minimum atomic E-state index is -1.04. The van der Waals surface area contributed by atoms with Gasteiger partial charge in [-0.05, 0) is 24.3 Å². The van der Waals surface area contributed by atoms with Crippen molar-refractivity contribution in [1.82, 2.24) is 4.98 Å².